The van der Waals surface area contributed by atoms with Gasteiger partial charge < -0.3 is 0 Å². The third-order valence-corrected chi connectivity index (χ3v) is 7.06. The SMILES string of the molecule is CC(C)C[PH](CO)(CO)CC(C)C. The molecule has 2 N–H and O–H groups in total. The van der Waals surface area contributed by atoms with Crippen LogP contribution in [0.3, 0.4) is 0 Å². The van der Waals surface area contributed by atoms with Gasteiger partial charge in [0.1, 0.15) is 0 Å². The standard InChI is InChI=1S/C10H25O2P/c1-9(2)5-13(7-11,8-12)6-10(3)4/h9-13H,5-8H2,1-4H3. The molecule has 0 amide bonds. The van der Waals surface area contributed by atoms with Gasteiger partial charge in [-0.25, -0.2) is 0 Å². The fourth-order valence-corrected chi connectivity index (χ4v) is 6.37. The average molecular weight is 208 g/mol. The molecule has 0 aromatic heterocycles. The molecule has 0 atom stereocenters. The summed E-state index contributed by atoms with van der Waals surface area (Å²) in [6.07, 6.45) is 2.55. The summed E-state index contributed by atoms with van der Waals surface area (Å²) in [7, 11) is -1.76. The summed E-state index contributed by atoms with van der Waals surface area (Å²) >= 11 is 0. The van der Waals surface area contributed by atoms with Gasteiger partial charge in [0.15, 0.2) is 0 Å². The van der Waals surface area contributed by atoms with Gasteiger partial charge in [-0.2, -0.15) is 0 Å². The summed E-state index contributed by atoms with van der Waals surface area (Å²) < 4.78 is 0. The van der Waals surface area contributed by atoms with Gasteiger partial charge in [0.25, 0.3) is 0 Å². The molecular weight excluding hydrogens is 183 g/mol. The summed E-state index contributed by atoms with van der Waals surface area (Å²) in [5, 5.41) is 18.8. The molecule has 0 saturated carbocycles. The van der Waals surface area contributed by atoms with E-state index in [1.54, 1.807) is 0 Å². The van der Waals surface area contributed by atoms with E-state index in [4.69, 9.17) is 0 Å². The Bertz CT molecular complexity index is 119. The van der Waals surface area contributed by atoms with Crippen LogP contribution in [0.2, 0.25) is 0 Å². The second kappa shape index (κ2) is 5.95. The molecule has 0 spiro atoms. The Morgan fingerprint density at radius 1 is 0.846 bits per heavy atom. The molecule has 0 radical (unpaired) electrons. The van der Waals surface area contributed by atoms with E-state index in [-0.39, 0.29) is 12.7 Å². The molecule has 0 bridgehead atoms. The third kappa shape index (κ3) is 4.95. The molecule has 0 fully saturated rings. The van der Waals surface area contributed by atoms with E-state index in [1.165, 1.54) is 0 Å². The molecule has 0 rings (SSSR count). The predicted molar refractivity (Wildman–Crippen MR) is 61.9 cm³/mol. The second-order valence-corrected chi connectivity index (χ2v) is 9.46. The second-order valence-electron chi connectivity index (χ2n) is 5.01. The van der Waals surface area contributed by atoms with Crippen LogP contribution >= 0.6 is 7.26 Å². The Labute approximate surface area is 82.7 Å². The van der Waals surface area contributed by atoms with E-state index in [2.05, 4.69) is 27.7 Å². The van der Waals surface area contributed by atoms with E-state index in [0.29, 0.717) is 11.8 Å². The van der Waals surface area contributed by atoms with Crippen LogP contribution < -0.4 is 0 Å². The van der Waals surface area contributed by atoms with Crippen molar-refractivity contribution in [2.45, 2.75) is 27.7 Å². The first kappa shape index (κ1) is 13.4. The topological polar surface area (TPSA) is 40.5 Å². The van der Waals surface area contributed by atoms with E-state index in [9.17, 15) is 10.2 Å². The molecule has 0 aromatic rings. The van der Waals surface area contributed by atoms with Crippen molar-refractivity contribution in [3.63, 3.8) is 0 Å². The number of hydrogen-bond donors (Lipinski definition) is 2. The Hall–Kier alpha value is 0.350. The number of aliphatic hydroxyl groups excluding tert-OH is 2. The molecular formula is C10H25O2P. The van der Waals surface area contributed by atoms with E-state index in [0.717, 1.165) is 12.3 Å². The Balaban J connectivity index is 4.30. The molecule has 0 aliphatic heterocycles. The van der Waals surface area contributed by atoms with Crippen LogP contribution in [-0.4, -0.2) is 35.2 Å². The Kier molecular flexibility index (Phi) is 6.11. The molecule has 0 heterocycles. The zero-order chi connectivity index (χ0) is 10.5. The predicted octanol–water partition coefficient (Wildman–Crippen LogP) is 1.95. The van der Waals surface area contributed by atoms with E-state index < -0.39 is 7.26 Å². The van der Waals surface area contributed by atoms with Crippen LogP contribution in [-0.2, 0) is 0 Å². The third-order valence-electron chi connectivity index (χ3n) is 2.35. The maximum atomic E-state index is 9.38. The number of rotatable bonds is 6. The average Bonchev–Trinajstić information content (AvgIpc) is 2.01. The van der Waals surface area contributed by atoms with Gasteiger partial charge in [0.05, 0.1) is 0 Å². The zero-order valence-corrected chi connectivity index (χ0v) is 10.4. The van der Waals surface area contributed by atoms with Crippen molar-refractivity contribution in [3.05, 3.63) is 0 Å². The normalized spacial score (nSPS) is 14.2. The molecule has 82 valence electrons. The first-order valence-electron chi connectivity index (χ1n) is 5.17. The fraction of sp³-hybridized carbons (Fsp3) is 1.00. The molecule has 0 saturated heterocycles. The van der Waals surface area contributed by atoms with Crippen LogP contribution in [0.15, 0.2) is 0 Å². The van der Waals surface area contributed by atoms with Gasteiger partial charge in [-0.1, -0.05) is 0 Å². The molecule has 2 nitrogen and oxygen atoms in total. The monoisotopic (exact) mass is 208 g/mol. The zero-order valence-electron chi connectivity index (χ0n) is 9.38. The molecule has 0 unspecified atom stereocenters. The van der Waals surface area contributed by atoms with Crippen molar-refractivity contribution in [3.8, 4) is 0 Å². The minimum atomic E-state index is -1.76. The number of aliphatic hydroxyl groups is 2. The van der Waals surface area contributed by atoms with Gasteiger partial charge in [-0.05, 0) is 0 Å². The summed E-state index contributed by atoms with van der Waals surface area (Å²) in [6, 6.07) is 0. The fourth-order valence-electron chi connectivity index (χ4n) is 2.12. The van der Waals surface area contributed by atoms with Gasteiger partial charge in [0, 0.05) is 0 Å². The molecule has 13 heavy (non-hydrogen) atoms. The summed E-state index contributed by atoms with van der Waals surface area (Å²) in [5.74, 6) is 1.18. The summed E-state index contributed by atoms with van der Waals surface area (Å²) in [6.45, 7) is 8.64. The molecule has 0 aliphatic rings. The minimum absolute atomic E-state index is 0.236. The van der Waals surface area contributed by atoms with Crippen LogP contribution in [0.1, 0.15) is 27.7 Å². The van der Waals surface area contributed by atoms with Crippen LogP contribution in [0.5, 0.6) is 0 Å². The van der Waals surface area contributed by atoms with E-state index in [1.807, 2.05) is 0 Å². The van der Waals surface area contributed by atoms with Gasteiger partial charge in [0.2, 0.25) is 0 Å². The van der Waals surface area contributed by atoms with Crippen molar-refractivity contribution in [1.82, 2.24) is 0 Å². The van der Waals surface area contributed by atoms with Crippen LogP contribution in [0.4, 0.5) is 0 Å². The van der Waals surface area contributed by atoms with Crippen molar-refractivity contribution >= 4 is 7.26 Å². The summed E-state index contributed by atoms with van der Waals surface area (Å²) in [4.78, 5) is 0. The van der Waals surface area contributed by atoms with Crippen molar-refractivity contribution < 1.29 is 10.2 Å². The Morgan fingerprint density at radius 2 is 1.15 bits per heavy atom. The molecule has 0 aliphatic carbocycles. The quantitative estimate of drug-likeness (QED) is 0.655. The number of hydrogen-bond acceptors (Lipinski definition) is 2. The van der Waals surface area contributed by atoms with Crippen LogP contribution in [0.25, 0.3) is 0 Å². The van der Waals surface area contributed by atoms with Gasteiger partial charge in [-0.3, -0.25) is 0 Å². The van der Waals surface area contributed by atoms with Crippen LogP contribution in [0, 0.1) is 11.8 Å². The Morgan fingerprint density at radius 3 is 1.31 bits per heavy atom. The van der Waals surface area contributed by atoms with Gasteiger partial charge in [-0.15, -0.1) is 0 Å². The van der Waals surface area contributed by atoms with Crippen molar-refractivity contribution in [1.29, 1.82) is 0 Å². The molecule has 0 aromatic carbocycles. The van der Waals surface area contributed by atoms with Gasteiger partial charge >= 0.3 is 82.0 Å². The first-order valence-corrected chi connectivity index (χ1v) is 8.00. The van der Waals surface area contributed by atoms with E-state index >= 15 is 0 Å². The van der Waals surface area contributed by atoms with Crippen molar-refractivity contribution in [2.75, 3.05) is 25.0 Å². The molecule has 3 heteroatoms. The first-order chi connectivity index (χ1) is 5.95. The maximum absolute atomic E-state index is 9.38. The van der Waals surface area contributed by atoms with Crippen molar-refractivity contribution in [2.24, 2.45) is 11.8 Å². The summed E-state index contributed by atoms with van der Waals surface area (Å²) in [5.41, 5.74) is 0.